The number of rotatable bonds is 6. The van der Waals surface area contributed by atoms with Gasteiger partial charge >= 0.3 is 0 Å². The Morgan fingerprint density at radius 1 is 1.24 bits per heavy atom. The third kappa shape index (κ3) is 6.25. The number of nitrogens with two attached hydrogens (primary N) is 1. The summed E-state index contributed by atoms with van der Waals surface area (Å²) in [7, 11) is 0. The van der Waals surface area contributed by atoms with Crippen molar-refractivity contribution >= 4 is 16.9 Å². The van der Waals surface area contributed by atoms with Gasteiger partial charge in [-0.05, 0) is 70.3 Å². The normalized spacial score (nSPS) is 15.4. The van der Waals surface area contributed by atoms with Gasteiger partial charge in [0.15, 0.2) is 5.82 Å². The number of halogens is 1. The van der Waals surface area contributed by atoms with Crippen molar-refractivity contribution in [3.05, 3.63) is 83.1 Å². The average Bonchev–Trinajstić information content (AvgIpc) is 3.47. The topological polar surface area (TPSA) is 86.1 Å². The molecule has 7 nitrogen and oxygen atoms in total. The van der Waals surface area contributed by atoms with Crippen LogP contribution < -0.4 is 11.1 Å². The Morgan fingerprint density at radius 3 is 2.62 bits per heavy atom. The molecule has 1 aromatic carbocycles. The second-order valence-electron chi connectivity index (χ2n) is 9.68. The number of aromatic nitrogens is 5. The van der Waals surface area contributed by atoms with Crippen molar-refractivity contribution in [2.45, 2.75) is 65.6 Å². The monoisotopic (exact) mass is 503 g/mol. The van der Waals surface area contributed by atoms with Gasteiger partial charge < -0.3 is 11.1 Å². The molecule has 1 unspecified atom stereocenters. The average molecular weight is 504 g/mol. The maximum absolute atomic E-state index is 13.2. The minimum atomic E-state index is -0.954. The molecule has 1 fully saturated rings. The van der Waals surface area contributed by atoms with E-state index in [2.05, 4.69) is 46.5 Å². The van der Waals surface area contributed by atoms with Crippen molar-refractivity contribution in [1.82, 2.24) is 29.7 Å². The van der Waals surface area contributed by atoms with E-state index in [9.17, 15) is 4.39 Å². The molecular formula is C29H38FN7. The fourth-order valence-electron chi connectivity index (χ4n) is 4.99. The smallest absolute Gasteiger partial charge is 0.151 e. The molecule has 8 heteroatoms. The minimum absolute atomic E-state index is 0.538. The molecule has 0 amide bonds. The first-order valence-corrected chi connectivity index (χ1v) is 13.1. The van der Waals surface area contributed by atoms with Gasteiger partial charge in [0.2, 0.25) is 0 Å². The van der Waals surface area contributed by atoms with Crippen LogP contribution >= 0.6 is 0 Å². The number of nitrogens with zero attached hydrogens (tertiary/aromatic N) is 5. The zero-order valence-electron chi connectivity index (χ0n) is 22.3. The van der Waals surface area contributed by atoms with Crippen LogP contribution in [0.2, 0.25) is 0 Å². The Kier molecular flexibility index (Phi) is 8.71. The van der Waals surface area contributed by atoms with Gasteiger partial charge in [-0.2, -0.15) is 10.2 Å². The van der Waals surface area contributed by atoms with E-state index >= 15 is 0 Å². The number of fused-ring (bicyclic) bond motifs is 1. The van der Waals surface area contributed by atoms with E-state index in [0.29, 0.717) is 23.8 Å². The molecule has 1 aliphatic heterocycles. The van der Waals surface area contributed by atoms with Gasteiger partial charge in [0, 0.05) is 28.9 Å². The molecule has 1 saturated heterocycles. The standard InChI is InChI=1S/C16H23N5.C13H15FN2/c1-3-4-11(2)13-9-14(12-5-7-18-8-6-12)21-15(13)16(17)19-10-20-21;1-10(14)13-9-16(15-11(13)2)8-12-6-4-3-5-7-12/h4,9-10,12,18H,3,5-8H2,1-2H3,(H2,17,19,20);3-7,9-10H,8H2,1-2H3/b11-4+;. The highest BCUT2D eigenvalue weighted by atomic mass is 19.1. The SMILES string of the molecule is CC/C=C(\C)c1cc(C2CCNCC2)n2ncnc(N)c12.Cc1nn(Cc2ccccc2)cc1C(C)F. The van der Waals surface area contributed by atoms with Gasteiger partial charge in [0.1, 0.15) is 18.0 Å². The van der Waals surface area contributed by atoms with Crippen LogP contribution in [0.25, 0.3) is 11.1 Å². The third-order valence-corrected chi connectivity index (χ3v) is 6.90. The van der Waals surface area contributed by atoms with E-state index in [0.717, 1.165) is 43.6 Å². The molecular weight excluding hydrogens is 465 g/mol. The van der Waals surface area contributed by atoms with Crippen molar-refractivity contribution in [1.29, 1.82) is 0 Å². The molecule has 1 aliphatic rings. The second-order valence-corrected chi connectivity index (χ2v) is 9.68. The van der Waals surface area contributed by atoms with Crippen LogP contribution in [0.1, 0.15) is 80.2 Å². The van der Waals surface area contributed by atoms with Crippen LogP contribution in [0.15, 0.2) is 55.0 Å². The van der Waals surface area contributed by atoms with Gasteiger partial charge in [-0.1, -0.05) is 43.3 Å². The molecule has 0 bridgehead atoms. The molecule has 0 radical (unpaired) electrons. The van der Waals surface area contributed by atoms with E-state index in [-0.39, 0.29) is 0 Å². The predicted octanol–water partition coefficient (Wildman–Crippen LogP) is 5.86. The van der Waals surface area contributed by atoms with E-state index in [1.165, 1.54) is 29.3 Å². The highest BCUT2D eigenvalue weighted by molar-refractivity contribution is 5.84. The first-order valence-electron chi connectivity index (χ1n) is 13.1. The summed E-state index contributed by atoms with van der Waals surface area (Å²) >= 11 is 0. The molecule has 5 rings (SSSR count). The van der Waals surface area contributed by atoms with Gasteiger partial charge in [0.25, 0.3) is 0 Å². The first kappa shape index (κ1) is 26.5. The molecule has 3 N–H and O–H groups in total. The lowest BCUT2D eigenvalue weighted by molar-refractivity contribution is 0.372. The van der Waals surface area contributed by atoms with Gasteiger partial charge in [0.05, 0.1) is 12.2 Å². The molecule has 0 aliphatic carbocycles. The molecule has 0 spiro atoms. The lowest BCUT2D eigenvalue weighted by Crippen LogP contribution is -2.27. The molecule has 0 saturated carbocycles. The number of nitrogens with one attached hydrogen (secondary N) is 1. The minimum Gasteiger partial charge on any atom is -0.382 e. The maximum Gasteiger partial charge on any atom is 0.151 e. The summed E-state index contributed by atoms with van der Waals surface area (Å²) in [4.78, 5) is 4.18. The maximum atomic E-state index is 13.2. The number of aryl methyl sites for hydroxylation is 1. The molecule has 196 valence electrons. The Morgan fingerprint density at radius 2 is 1.97 bits per heavy atom. The Labute approximate surface area is 218 Å². The summed E-state index contributed by atoms with van der Waals surface area (Å²) in [6.07, 6.45) is 7.91. The lowest BCUT2D eigenvalue weighted by Gasteiger charge is -2.22. The van der Waals surface area contributed by atoms with Crippen LogP contribution in [0.3, 0.4) is 0 Å². The highest BCUT2D eigenvalue weighted by Crippen LogP contribution is 2.33. The number of nitrogen functional groups attached to an aromatic ring is 1. The van der Waals surface area contributed by atoms with Crippen molar-refractivity contribution in [3.63, 3.8) is 0 Å². The van der Waals surface area contributed by atoms with Crippen LogP contribution in [-0.2, 0) is 6.54 Å². The lowest BCUT2D eigenvalue weighted by atomic mass is 9.94. The second kappa shape index (κ2) is 12.1. The van der Waals surface area contributed by atoms with Crippen molar-refractivity contribution in [2.75, 3.05) is 18.8 Å². The van der Waals surface area contributed by atoms with E-state index in [1.54, 1.807) is 17.2 Å². The molecule has 1 atom stereocenters. The van der Waals surface area contributed by atoms with Crippen molar-refractivity contribution < 1.29 is 4.39 Å². The van der Waals surface area contributed by atoms with Crippen LogP contribution in [0.5, 0.6) is 0 Å². The largest absolute Gasteiger partial charge is 0.382 e. The zero-order chi connectivity index (χ0) is 26.4. The van der Waals surface area contributed by atoms with Crippen LogP contribution in [-0.4, -0.2) is 37.5 Å². The molecule has 3 aromatic heterocycles. The van der Waals surface area contributed by atoms with E-state index < -0.39 is 6.17 Å². The van der Waals surface area contributed by atoms with Gasteiger partial charge in [-0.25, -0.2) is 13.9 Å². The predicted molar refractivity (Wildman–Crippen MR) is 148 cm³/mol. The fourth-order valence-corrected chi connectivity index (χ4v) is 4.99. The number of hydrogen-bond acceptors (Lipinski definition) is 5. The number of anilines is 1. The molecule has 4 aromatic rings. The number of allylic oxidation sites excluding steroid dienone is 2. The van der Waals surface area contributed by atoms with Crippen LogP contribution in [0, 0.1) is 6.92 Å². The Hall–Kier alpha value is -3.52. The summed E-state index contributed by atoms with van der Waals surface area (Å²) in [5, 5.41) is 12.2. The van der Waals surface area contributed by atoms with Gasteiger partial charge in [-0.15, -0.1) is 0 Å². The molecule has 37 heavy (non-hydrogen) atoms. The van der Waals surface area contributed by atoms with Gasteiger partial charge in [-0.3, -0.25) is 4.68 Å². The van der Waals surface area contributed by atoms with E-state index in [1.807, 2.05) is 41.8 Å². The quantitative estimate of drug-likeness (QED) is 0.344. The summed E-state index contributed by atoms with van der Waals surface area (Å²) in [5.74, 6) is 1.10. The Bertz CT molecular complexity index is 1330. The van der Waals surface area contributed by atoms with Crippen molar-refractivity contribution in [2.24, 2.45) is 0 Å². The number of hydrogen-bond donors (Lipinski definition) is 2. The summed E-state index contributed by atoms with van der Waals surface area (Å²) in [5.41, 5.74) is 13.4. The van der Waals surface area contributed by atoms with E-state index in [4.69, 9.17) is 5.73 Å². The zero-order valence-corrected chi connectivity index (χ0v) is 22.3. The number of benzene rings is 1. The highest BCUT2D eigenvalue weighted by Gasteiger charge is 2.22. The number of piperidine rings is 1. The third-order valence-electron chi connectivity index (χ3n) is 6.90. The molecule has 4 heterocycles. The fraction of sp³-hybridized carbons (Fsp3) is 0.414. The Balaban J connectivity index is 0.000000180. The summed E-state index contributed by atoms with van der Waals surface area (Å²) in [6, 6.07) is 12.3. The summed E-state index contributed by atoms with van der Waals surface area (Å²) < 4.78 is 17.0. The van der Waals surface area contributed by atoms with Crippen LogP contribution in [0.4, 0.5) is 10.2 Å². The first-order chi connectivity index (χ1) is 17.9. The summed E-state index contributed by atoms with van der Waals surface area (Å²) in [6.45, 7) is 10.5. The van der Waals surface area contributed by atoms with Crippen molar-refractivity contribution in [3.8, 4) is 0 Å². The number of alkyl halides is 1.